The first-order valence-corrected chi connectivity index (χ1v) is 7.90. The van der Waals surface area contributed by atoms with Gasteiger partial charge in [-0.2, -0.15) is 5.10 Å². The number of allylic oxidation sites excluding steroid dienone is 1. The predicted molar refractivity (Wildman–Crippen MR) is 92.8 cm³/mol. The number of para-hydroxylation sites is 1. The molecule has 1 aliphatic heterocycles. The van der Waals surface area contributed by atoms with E-state index < -0.39 is 5.79 Å². The summed E-state index contributed by atoms with van der Waals surface area (Å²) in [6.07, 6.45) is 5.60. The number of hydrazone groups is 1. The van der Waals surface area contributed by atoms with Crippen molar-refractivity contribution in [3.63, 3.8) is 0 Å². The number of carbonyl (C=O) groups is 1. The molecule has 1 fully saturated rings. The number of benzene rings is 1. The van der Waals surface area contributed by atoms with Gasteiger partial charge < -0.3 is 14.0 Å². The first kappa shape index (κ1) is 16.4. The van der Waals surface area contributed by atoms with Gasteiger partial charge in [0.25, 0.3) is 0 Å². The van der Waals surface area contributed by atoms with E-state index in [1.165, 1.54) is 0 Å². The van der Waals surface area contributed by atoms with Crippen LogP contribution < -0.4 is 5.43 Å². The second-order valence-corrected chi connectivity index (χ2v) is 5.84. The molecule has 0 unspecified atom stereocenters. The van der Waals surface area contributed by atoms with Crippen LogP contribution in [0.5, 0.6) is 0 Å². The van der Waals surface area contributed by atoms with Crippen molar-refractivity contribution in [1.82, 2.24) is 9.99 Å². The Bertz CT molecular complexity index is 773. The zero-order valence-electron chi connectivity index (χ0n) is 13.7. The third-order valence-corrected chi connectivity index (χ3v) is 3.92. The minimum Gasteiger partial charge on any atom is -0.347 e. The summed E-state index contributed by atoms with van der Waals surface area (Å²) in [6, 6.07) is 8.04. The van der Waals surface area contributed by atoms with Crippen molar-refractivity contribution < 1.29 is 14.3 Å². The van der Waals surface area contributed by atoms with Crippen LogP contribution in [0.3, 0.4) is 0 Å². The zero-order chi connectivity index (χ0) is 17.0. The average Bonchev–Trinajstić information content (AvgIpc) is 3.13. The number of fused-ring (bicyclic) bond motifs is 1. The van der Waals surface area contributed by atoms with Gasteiger partial charge in [-0.1, -0.05) is 24.3 Å². The van der Waals surface area contributed by atoms with Gasteiger partial charge in [-0.05, 0) is 13.0 Å². The molecular formula is C18H21N3O3. The van der Waals surface area contributed by atoms with E-state index in [-0.39, 0.29) is 12.3 Å². The van der Waals surface area contributed by atoms with E-state index >= 15 is 0 Å². The third kappa shape index (κ3) is 3.55. The molecule has 6 heteroatoms. The topological polar surface area (TPSA) is 64.9 Å². The second-order valence-electron chi connectivity index (χ2n) is 5.84. The van der Waals surface area contributed by atoms with Gasteiger partial charge in [-0.15, -0.1) is 6.58 Å². The minimum absolute atomic E-state index is 0.114. The Balaban J connectivity index is 1.69. The van der Waals surface area contributed by atoms with Gasteiger partial charge in [0.15, 0.2) is 5.79 Å². The van der Waals surface area contributed by atoms with Gasteiger partial charge in [-0.25, -0.2) is 5.43 Å². The number of amides is 1. The summed E-state index contributed by atoms with van der Waals surface area (Å²) < 4.78 is 12.9. The molecule has 0 saturated carbocycles. The highest BCUT2D eigenvalue weighted by Crippen LogP contribution is 2.22. The molecule has 3 rings (SSSR count). The quantitative estimate of drug-likeness (QED) is 0.503. The number of hydrogen-bond donors (Lipinski definition) is 1. The van der Waals surface area contributed by atoms with Crippen molar-refractivity contribution in [3.05, 3.63) is 48.7 Å². The number of nitrogens with one attached hydrogen (secondary N) is 1. The first-order valence-electron chi connectivity index (χ1n) is 7.90. The van der Waals surface area contributed by atoms with E-state index in [1.54, 1.807) is 13.1 Å². The van der Waals surface area contributed by atoms with E-state index in [1.807, 2.05) is 36.5 Å². The molecule has 0 radical (unpaired) electrons. The average molecular weight is 327 g/mol. The van der Waals surface area contributed by atoms with Crippen molar-refractivity contribution >= 4 is 23.0 Å². The Morgan fingerprint density at radius 2 is 2.17 bits per heavy atom. The smallest absolute Gasteiger partial charge is 0.245 e. The molecule has 0 bridgehead atoms. The lowest BCUT2D eigenvalue weighted by molar-refractivity contribution is -0.159. The fraction of sp³-hybridized carbons (Fsp3) is 0.333. The Hall–Kier alpha value is -2.44. The van der Waals surface area contributed by atoms with Crippen LogP contribution in [0, 0.1) is 0 Å². The van der Waals surface area contributed by atoms with Crippen LogP contribution in [0.2, 0.25) is 0 Å². The van der Waals surface area contributed by atoms with Gasteiger partial charge in [0.05, 0.1) is 25.8 Å². The van der Waals surface area contributed by atoms with Crippen molar-refractivity contribution in [2.75, 3.05) is 13.2 Å². The number of ether oxygens (including phenoxy) is 2. The van der Waals surface area contributed by atoms with E-state index in [2.05, 4.69) is 21.7 Å². The molecule has 1 aliphatic rings. The molecule has 1 amide bonds. The molecule has 0 atom stereocenters. The molecule has 6 nitrogen and oxygen atoms in total. The summed E-state index contributed by atoms with van der Waals surface area (Å²) in [5.74, 6) is -1.09. The van der Waals surface area contributed by atoms with Crippen LogP contribution in [0.25, 0.3) is 10.9 Å². The molecule has 0 spiro atoms. The molecule has 0 aliphatic carbocycles. The molecule has 1 saturated heterocycles. The summed E-state index contributed by atoms with van der Waals surface area (Å²) in [5.41, 5.74) is 4.57. The summed E-state index contributed by atoms with van der Waals surface area (Å²) in [4.78, 5) is 12.0. The summed E-state index contributed by atoms with van der Waals surface area (Å²) in [6.45, 7) is 7.27. The van der Waals surface area contributed by atoms with E-state index in [0.29, 0.717) is 19.8 Å². The Morgan fingerprint density at radius 3 is 2.92 bits per heavy atom. The predicted octanol–water partition coefficient (Wildman–Crippen LogP) is 2.43. The van der Waals surface area contributed by atoms with Crippen molar-refractivity contribution in [3.8, 4) is 0 Å². The molecule has 2 heterocycles. The summed E-state index contributed by atoms with van der Waals surface area (Å²) in [7, 11) is 0. The lowest BCUT2D eigenvalue weighted by Gasteiger charge is -2.20. The van der Waals surface area contributed by atoms with Crippen LogP contribution in [-0.2, 0) is 20.8 Å². The number of rotatable bonds is 6. The SMILES string of the molecule is C=CCn1cc(/C=N\NC(=O)CC2(C)OCCO2)c2ccccc21. The monoisotopic (exact) mass is 327 g/mol. The lowest BCUT2D eigenvalue weighted by atomic mass is 10.2. The van der Waals surface area contributed by atoms with Crippen molar-refractivity contribution in [2.24, 2.45) is 5.10 Å². The Kier molecular flexibility index (Phi) is 4.78. The number of nitrogens with zero attached hydrogens (tertiary/aromatic N) is 2. The van der Waals surface area contributed by atoms with Gasteiger partial charge >= 0.3 is 0 Å². The van der Waals surface area contributed by atoms with Crippen LogP contribution in [-0.4, -0.2) is 35.7 Å². The summed E-state index contributed by atoms with van der Waals surface area (Å²) in [5, 5.41) is 5.14. The maximum absolute atomic E-state index is 12.0. The molecule has 1 aromatic carbocycles. The molecule has 1 N–H and O–H groups in total. The minimum atomic E-state index is -0.848. The maximum atomic E-state index is 12.0. The van der Waals surface area contributed by atoms with Gasteiger partial charge in [0.1, 0.15) is 0 Å². The maximum Gasteiger partial charge on any atom is 0.245 e. The van der Waals surface area contributed by atoms with Gasteiger partial charge in [0.2, 0.25) is 5.91 Å². The standard InChI is InChI=1S/C18H21N3O3/c1-3-8-21-13-14(15-6-4-5-7-16(15)21)12-19-20-17(22)11-18(2)23-9-10-24-18/h3-7,12-13H,1,8-11H2,2H3,(H,20,22)/b19-12-. The summed E-state index contributed by atoms with van der Waals surface area (Å²) >= 11 is 0. The van der Waals surface area contributed by atoms with E-state index in [0.717, 1.165) is 16.5 Å². The number of aromatic nitrogens is 1. The van der Waals surface area contributed by atoms with Gasteiger partial charge in [0, 0.05) is 29.2 Å². The third-order valence-electron chi connectivity index (χ3n) is 3.92. The van der Waals surface area contributed by atoms with Crippen molar-refractivity contribution in [2.45, 2.75) is 25.7 Å². The molecule has 126 valence electrons. The second kappa shape index (κ2) is 6.98. The lowest BCUT2D eigenvalue weighted by Crippen LogP contribution is -2.33. The van der Waals surface area contributed by atoms with Crippen LogP contribution in [0.1, 0.15) is 18.9 Å². The molecule has 2 aromatic rings. The zero-order valence-corrected chi connectivity index (χ0v) is 13.7. The fourth-order valence-electron chi connectivity index (χ4n) is 2.83. The normalized spacial score (nSPS) is 16.7. The highest BCUT2D eigenvalue weighted by molar-refractivity contribution is 5.99. The van der Waals surface area contributed by atoms with Crippen LogP contribution in [0.15, 0.2) is 48.2 Å². The Morgan fingerprint density at radius 1 is 1.42 bits per heavy atom. The van der Waals surface area contributed by atoms with E-state index in [4.69, 9.17) is 9.47 Å². The molecule has 1 aromatic heterocycles. The highest BCUT2D eigenvalue weighted by atomic mass is 16.7. The number of carbonyl (C=O) groups excluding carboxylic acids is 1. The fourth-order valence-corrected chi connectivity index (χ4v) is 2.83. The van der Waals surface area contributed by atoms with Gasteiger partial charge in [-0.3, -0.25) is 4.79 Å². The largest absolute Gasteiger partial charge is 0.347 e. The van der Waals surface area contributed by atoms with Crippen LogP contribution >= 0.6 is 0 Å². The highest BCUT2D eigenvalue weighted by Gasteiger charge is 2.33. The number of hydrogen-bond acceptors (Lipinski definition) is 4. The first-order chi connectivity index (χ1) is 11.6. The molecule has 24 heavy (non-hydrogen) atoms. The Labute approximate surface area is 140 Å². The van der Waals surface area contributed by atoms with Crippen LogP contribution in [0.4, 0.5) is 0 Å². The molecular weight excluding hydrogens is 306 g/mol. The van der Waals surface area contributed by atoms with E-state index in [9.17, 15) is 4.79 Å². The van der Waals surface area contributed by atoms with Crippen molar-refractivity contribution in [1.29, 1.82) is 0 Å².